The number of hydrogen-bond acceptors (Lipinski definition) is 5. The molecule has 0 saturated carbocycles. The maximum atomic E-state index is 13.7. The molecule has 0 spiro atoms. The van der Waals surface area contributed by atoms with Crippen molar-refractivity contribution >= 4 is 11.8 Å². The zero-order valence-corrected chi connectivity index (χ0v) is 10.6. The van der Waals surface area contributed by atoms with Gasteiger partial charge < -0.3 is 10.8 Å². The van der Waals surface area contributed by atoms with Crippen LogP contribution in [0.4, 0.5) is 4.39 Å². The summed E-state index contributed by atoms with van der Waals surface area (Å²) in [5.41, 5.74) is 6.97. The van der Waals surface area contributed by atoms with Gasteiger partial charge >= 0.3 is 0 Å². The number of fused-ring (bicyclic) bond motifs is 1. The van der Waals surface area contributed by atoms with Gasteiger partial charge in [-0.1, -0.05) is 0 Å². The van der Waals surface area contributed by atoms with Crippen molar-refractivity contribution in [2.24, 2.45) is 5.73 Å². The molecule has 2 aliphatic rings. The van der Waals surface area contributed by atoms with E-state index < -0.39 is 24.0 Å². The number of carbonyl (C=O) groups excluding carboxylic acids is 2. The molecule has 0 radical (unpaired) electrons. The highest BCUT2D eigenvalue weighted by atomic mass is 19.1. The summed E-state index contributed by atoms with van der Waals surface area (Å²) < 4.78 is 13.7. The number of nitrogens with zero attached hydrogens (tertiary/aromatic N) is 1. The lowest BCUT2D eigenvalue weighted by molar-refractivity contribution is -0.129. The summed E-state index contributed by atoms with van der Waals surface area (Å²) in [6.45, 7) is 0.354. The number of imide groups is 1. The van der Waals surface area contributed by atoms with E-state index in [0.29, 0.717) is 11.1 Å². The topological polar surface area (TPSA) is 95.7 Å². The first-order valence-electron chi connectivity index (χ1n) is 6.30. The summed E-state index contributed by atoms with van der Waals surface area (Å²) in [6, 6.07) is 2.13. The fourth-order valence-corrected chi connectivity index (χ4v) is 2.77. The molecule has 2 heterocycles. The Labute approximate surface area is 114 Å². The lowest BCUT2D eigenvalue weighted by atomic mass is 10.1. The van der Waals surface area contributed by atoms with E-state index in [1.165, 1.54) is 11.0 Å². The minimum atomic E-state index is -1.09. The third kappa shape index (κ3) is 1.91. The van der Waals surface area contributed by atoms with E-state index in [4.69, 9.17) is 5.73 Å². The van der Waals surface area contributed by atoms with Crippen molar-refractivity contribution in [2.45, 2.75) is 31.8 Å². The molecule has 3 rings (SSSR count). The maximum absolute atomic E-state index is 13.7. The molecule has 1 fully saturated rings. The number of aliphatic hydroxyl groups excluding tert-OH is 1. The Bertz CT molecular complexity index is 605. The van der Waals surface area contributed by atoms with Gasteiger partial charge in [-0.05, 0) is 17.7 Å². The van der Waals surface area contributed by atoms with E-state index in [-0.39, 0.29) is 25.4 Å². The van der Waals surface area contributed by atoms with Crippen molar-refractivity contribution in [2.75, 3.05) is 0 Å². The monoisotopic (exact) mass is 279 g/mol. The van der Waals surface area contributed by atoms with Gasteiger partial charge in [0.2, 0.25) is 11.8 Å². The molecule has 2 aliphatic heterocycles. The van der Waals surface area contributed by atoms with E-state index in [9.17, 15) is 19.1 Å². The summed E-state index contributed by atoms with van der Waals surface area (Å²) in [6.07, 6.45) is -1.08. The fourth-order valence-electron chi connectivity index (χ4n) is 2.77. The number of nitrogens with one attached hydrogen (secondary N) is 1. The van der Waals surface area contributed by atoms with E-state index in [2.05, 4.69) is 5.32 Å². The molecule has 6 nitrogen and oxygen atoms in total. The molecule has 2 unspecified atom stereocenters. The lowest BCUT2D eigenvalue weighted by Crippen LogP contribution is -2.39. The van der Waals surface area contributed by atoms with Crippen LogP contribution in [-0.4, -0.2) is 27.9 Å². The van der Waals surface area contributed by atoms with Gasteiger partial charge in [-0.25, -0.2) is 4.39 Å². The van der Waals surface area contributed by atoms with Gasteiger partial charge in [0.05, 0.1) is 6.42 Å². The van der Waals surface area contributed by atoms with Gasteiger partial charge in [-0.3, -0.25) is 19.8 Å². The molecule has 1 aromatic carbocycles. The molecule has 0 aliphatic carbocycles. The van der Waals surface area contributed by atoms with Crippen LogP contribution in [0.1, 0.15) is 29.3 Å². The largest absolute Gasteiger partial charge is 0.374 e. The van der Waals surface area contributed by atoms with Crippen molar-refractivity contribution in [1.29, 1.82) is 0 Å². The second kappa shape index (κ2) is 4.62. The third-order valence-electron chi connectivity index (χ3n) is 3.82. The average Bonchev–Trinajstić information content (AvgIpc) is 2.89. The van der Waals surface area contributed by atoms with Crippen LogP contribution in [0.2, 0.25) is 0 Å². The first-order valence-corrected chi connectivity index (χ1v) is 6.30. The number of rotatable bonds is 2. The highest BCUT2D eigenvalue weighted by molar-refractivity contribution is 6.05. The minimum absolute atomic E-state index is 0.0100. The quantitative estimate of drug-likeness (QED) is 0.635. The highest BCUT2D eigenvalue weighted by Crippen LogP contribution is 2.36. The second-order valence-corrected chi connectivity index (χ2v) is 5.02. The third-order valence-corrected chi connectivity index (χ3v) is 3.82. The molecule has 1 saturated heterocycles. The van der Waals surface area contributed by atoms with E-state index in [1.54, 1.807) is 6.07 Å². The first-order chi connectivity index (χ1) is 9.51. The van der Waals surface area contributed by atoms with Crippen LogP contribution in [0.25, 0.3) is 0 Å². The predicted molar refractivity (Wildman–Crippen MR) is 66.3 cm³/mol. The summed E-state index contributed by atoms with van der Waals surface area (Å²) in [5, 5.41) is 12.4. The van der Waals surface area contributed by atoms with Crippen molar-refractivity contribution in [1.82, 2.24) is 10.2 Å². The SMILES string of the molecule is NCc1cc2c(cc1F)C(O)N(C1CC(=O)NC1=O)C2. The minimum Gasteiger partial charge on any atom is -0.374 e. The van der Waals surface area contributed by atoms with Crippen LogP contribution in [0, 0.1) is 5.82 Å². The Morgan fingerprint density at radius 1 is 1.45 bits per heavy atom. The van der Waals surface area contributed by atoms with Crippen LogP contribution in [-0.2, 0) is 22.7 Å². The molecule has 106 valence electrons. The summed E-state index contributed by atoms with van der Waals surface area (Å²) in [5.74, 6) is -1.27. The molecule has 4 N–H and O–H groups in total. The smallest absolute Gasteiger partial charge is 0.244 e. The normalized spacial score (nSPS) is 25.9. The zero-order valence-electron chi connectivity index (χ0n) is 10.6. The average molecular weight is 279 g/mol. The maximum Gasteiger partial charge on any atom is 0.244 e. The molecule has 0 aromatic heterocycles. The van der Waals surface area contributed by atoms with Crippen molar-refractivity contribution in [3.05, 3.63) is 34.6 Å². The Hall–Kier alpha value is -1.83. The van der Waals surface area contributed by atoms with Gasteiger partial charge in [0.15, 0.2) is 0 Å². The number of hydrogen-bond donors (Lipinski definition) is 3. The number of amides is 2. The Morgan fingerprint density at radius 3 is 2.80 bits per heavy atom. The van der Waals surface area contributed by atoms with E-state index in [0.717, 1.165) is 5.56 Å². The predicted octanol–water partition coefficient (Wildman–Crippen LogP) is -0.494. The van der Waals surface area contributed by atoms with Crippen LogP contribution in [0.3, 0.4) is 0 Å². The van der Waals surface area contributed by atoms with Crippen LogP contribution < -0.4 is 11.1 Å². The van der Waals surface area contributed by atoms with Gasteiger partial charge in [0, 0.05) is 24.2 Å². The van der Waals surface area contributed by atoms with Crippen LogP contribution >= 0.6 is 0 Å². The van der Waals surface area contributed by atoms with Crippen molar-refractivity contribution in [3.63, 3.8) is 0 Å². The summed E-state index contributed by atoms with van der Waals surface area (Å²) in [4.78, 5) is 24.4. The second-order valence-electron chi connectivity index (χ2n) is 5.02. The number of halogens is 1. The molecule has 2 atom stereocenters. The van der Waals surface area contributed by atoms with Crippen molar-refractivity contribution in [3.8, 4) is 0 Å². The fraction of sp³-hybridized carbons (Fsp3) is 0.385. The number of aliphatic hydroxyl groups is 1. The molecule has 7 heteroatoms. The van der Waals surface area contributed by atoms with Gasteiger partial charge in [-0.15, -0.1) is 0 Å². The Kier molecular flexibility index (Phi) is 3.04. The van der Waals surface area contributed by atoms with Crippen molar-refractivity contribution < 1.29 is 19.1 Å². The summed E-state index contributed by atoms with van der Waals surface area (Å²) >= 11 is 0. The van der Waals surface area contributed by atoms with Gasteiger partial charge in [-0.2, -0.15) is 0 Å². The zero-order chi connectivity index (χ0) is 14.4. The van der Waals surface area contributed by atoms with Gasteiger partial charge in [0.1, 0.15) is 18.1 Å². The van der Waals surface area contributed by atoms with Crippen LogP contribution in [0.5, 0.6) is 0 Å². The first kappa shape index (κ1) is 13.2. The van der Waals surface area contributed by atoms with E-state index in [1.807, 2.05) is 0 Å². The van der Waals surface area contributed by atoms with Gasteiger partial charge in [0.25, 0.3) is 0 Å². The molecule has 2 amide bonds. The number of carbonyl (C=O) groups is 2. The Morgan fingerprint density at radius 2 is 2.20 bits per heavy atom. The molecule has 1 aromatic rings. The highest BCUT2D eigenvalue weighted by Gasteiger charge is 2.42. The molecule has 0 bridgehead atoms. The molecule has 20 heavy (non-hydrogen) atoms. The number of nitrogens with two attached hydrogens (primary N) is 1. The Balaban J connectivity index is 1.92. The molecular weight excluding hydrogens is 265 g/mol. The standard InChI is InChI=1S/C13H14FN3O3/c14-9-2-8-7(1-6(9)4-15)5-17(13(8)20)10-3-11(18)16-12(10)19/h1-2,10,13,20H,3-5,15H2,(H,16,18,19). The van der Waals surface area contributed by atoms with E-state index >= 15 is 0 Å². The molecular formula is C13H14FN3O3. The summed E-state index contributed by atoms with van der Waals surface area (Å²) in [7, 11) is 0. The van der Waals surface area contributed by atoms with Crippen LogP contribution in [0.15, 0.2) is 12.1 Å². The lowest BCUT2D eigenvalue weighted by Gasteiger charge is -2.24. The number of benzene rings is 1.